The van der Waals surface area contributed by atoms with Crippen molar-refractivity contribution in [3.05, 3.63) is 82.9 Å². The van der Waals surface area contributed by atoms with Crippen molar-refractivity contribution >= 4 is 18.1 Å². The van der Waals surface area contributed by atoms with Gasteiger partial charge >= 0.3 is 5.97 Å². The number of hydrogen-bond acceptors (Lipinski definition) is 7. The van der Waals surface area contributed by atoms with Gasteiger partial charge in [-0.1, -0.05) is 17.7 Å². The molecule has 0 aromatic heterocycles. The number of esters is 1. The van der Waals surface area contributed by atoms with E-state index in [2.05, 4.69) is 10.5 Å². The fraction of sp³-hybridized carbons (Fsp3) is 0.192. The number of methoxy groups -OCH3 is 2. The van der Waals surface area contributed by atoms with Gasteiger partial charge in [0.15, 0.2) is 18.1 Å². The first kappa shape index (κ1) is 24.3. The number of nitrogens with zero attached hydrogens (tertiary/aromatic N) is 1. The number of ether oxygens (including phenoxy) is 4. The van der Waals surface area contributed by atoms with E-state index in [0.29, 0.717) is 28.4 Å². The molecule has 0 aliphatic rings. The smallest absolute Gasteiger partial charge is 0.343 e. The van der Waals surface area contributed by atoms with Crippen molar-refractivity contribution in [2.45, 2.75) is 13.8 Å². The third-order valence-electron chi connectivity index (χ3n) is 4.81. The van der Waals surface area contributed by atoms with Crippen LogP contribution in [-0.2, 0) is 4.79 Å². The summed E-state index contributed by atoms with van der Waals surface area (Å²) >= 11 is 0. The highest BCUT2D eigenvalue weighted by Gasteiger charge is 2.13. The SMILES string of the molecule is COc1ccc(C(=O)Oc2ccc(/C=N/NC(=O)COc3ccc(C)cc3C)cc2OC)cc1. The fourth-order valence-corrected chi connectivity index (χ4v) is 3.05. The summed E-state index contributed by atoms with van der Waals surface area (Å²) in [4.78, 5) is 24.4. The van der Waals surface area contributed by atoms with Crippen LogP contribution in [-0.4, -0.2) is 38.9 Å². The number of carbonyl (C=O) groups is 2. The lowest BCUT2D eigenvalue weighted by atomic mass is 10.1. The number of amides is 1. The molecular weight excluding hydrogens is 436 g/mol. The second-order valence-electron chi connectivity index (χ2n) is 7.38. The first-order chi connectivity index (χ1) is 16.4. The molecule has 1 N–H and O–H groups in total. The largest absolute Gasteiger partial charge is 0.497 e. The maximum Gasteiger partial charge on any atom is 0.343 e. The van der Waals surface area contributed by atoms with Gasteiger partial charge in [0.1, 0.15) is 11.5 Å². The highest BCUT2D eigenvalue weighted by atomic mass is 16.6. The average molecular weight is 463 g/mol. The van der Waals surface area contributed by atoms with E-state index in [0.717, 1.165) is 11.1 Å². The van der Waals surface area contributed by atoms with Gasteiger partial charge in [-0.05, 0) is 73.5 Å². The average Bonchev–Trinajstić information content (AvgIpc) is 2.84. The van der Waals surface area contributed by atoms with Gasteiger partial charge in [-0.3, -0.25) is 4.79 Å². The Bertz CT molecular complexity index is 1190. The van der Waals surface area contributed by atoms with Gasteiger partial charge in [-0.2, -0.15) is 5.10 Å². The molecule has 0 radical (unpaired) electrons. The van der Waals surface area contributed by atoms with E-state index in [1.54, 1.807) is 49.6 Å². The van der Waals surface area contributed by atoms with E-state index < -0.39 is 11.9 Å². The Hall–Kier alpha value is -4.33. The zero-order valence-corrected chi connectivity index (χ0v) is 19.5. The highest BCUT2D eigenvalue weighted by Crippen LogP contribution is 2.28. The van der Waals surface area contributed by atoms with Gasteiger partial charge in [0.05, 0.1) is 26.0 Å². The van der Waals surface area contributed by atoms with Crippen LogP contribution < -0.4 is 24.4 Å². The maximum atomic E-state index is 12.4. The van der Waals surface area contributed by atoms with Crippen LogP contribution in [0.4, 0.5) is 0 Å². The Labute approximate surface area is 198 Å². The van der Waals surface area contributed by atoms with Crippen molar-refractivity contribution < 1.29 is 28.5 Å². The molecule has 0 unspecified atom stereocenters. The number of nitrogens with one attached hydrogen (secondary N) is 1. The van der Waals surface area contributed by atoms with Crippen LogP contribution >= 0.6 is 0 Å². The van der Waals surface area contributed by atoms with Gasteiger partial charge < -0.3 is 18.9 Å². The van der Waals surface area contributed by atoms with Gasteiger partial charge in [0.2, 0.25) is 0 Å². The molecule has 34 heavy (non-hydrogen) atoms. The standard InChI is InChI=1S/C26H26N2O6/c1-17-5-11-22(18(2)13-17)33-16-25(29)28-27-15-19-6-12-23(24(14-19)32-4)34-26(30)20-7-9-21(31-3)10-8-20/h5-15H,16H2,1-4H3,(H,28,29)/b27-15+. The summed E-state index contributed by atoms with van der Waals surface area (Å²) in [5, 5.41) is 3.94. The monoisotopic (exact) mass is 462 g/mol. The Balaban J connectivity index is 1.56. The molecule has 0 aliphatic heterocycles. The van der Waals surface area contributed by atoms with Crippen LogP contribution in [0.1, 0.15) is 27.0 Å². The summed E-state index contributed by atoms with van der Waals surface area (Å²) in [6, 6.07) is 17.2. The summed E-state index contributed by atoms with van der Waals surface area (Å²) in [6.07, 6.45) is 1.45. The molecule has 8 heteroatoms. The lowest BCUT2D eigenvalue weighted by Gasteiger charge is -2.10. The fourth-order valence-electron chi connectivity index (χ4n) is 3.05. The molecule has 0 saturated carbocycles. The second kappa shape index (κ2) is 11.5. The molecule has 1 amide bonds. The quantitative estimate of drug-likeness (QED) is 0.223. The molecule has 0 bridgehead atoms. The Morgan fingerprint density at radius 1 is 0.882 bits per heavy atom. The molecular formula is C26H26N2O6. The first-order valence-electron chi connectivity index (χ1n) is 10.5. The minimum Gasteiger partial charge on any atom is -0.497 e. The molecule has 0 spiro atoms. The van der Waals surface area contributed by atoms with Crippen molar-refractivity contribution in [1.82, 2.24) is 5.43 Å². The zero-order valence-electron chi connectivity index (χ0n) is 19.5. The van der Waals surface area contributed by atoms with Crippen LogP contribution in [0.2, 0.25) is 0 Å². The van der Waals surface area contributed by atoms with Gasteiger partial charge in [0.25, 0.3) is 5.91 Å². The van der Waals surface area contributed by atoms with Crippen LogP contribution in [0.3, 0.4) is 0 Å². The molecule has 0 saturated heterocycles. The summed E-state index contributed by atoms with van der Waals surface area (Å²) in [7, 11) is 3.02. The van der Waals surface area contributed by atoms with Crippen LogP contribution in [0.25, 0.3) is 0 Å². The third-order valence-corrected chi connectivity index (χ3v) is 4.81. The lowest BCUT2D eigenvalue weighted by Crippen LogP contribution is -2.24. The Morgan fingerprint density at radius 2 is 1.62 bits per heavy atom. The summed E-state index contributed by atoms with van der Waals surface area (Å²) in [5.41, 5.74) is 5.50. The van der Waals surface area contributed by atoms with Gasteiger partial charge in [-0.15, -0.1) is 0 Å². The van der Waals surface area contributed by atoms with Crippen molar-refractivity contribution in [1.29, 1.82) is 0 Å². The topological polar surface area (TPSA) is 95.5 Å². The normalized spacial score (nSPS) is 10.6. The van der Waals surface area contributed by atoms with E-state index in [1.807, 2.05) is 32.0 Å². The minimum absolute atomic E-state index is 0.162. The summed E-state index contributed by atoms with van der Waals surface area (Å²) < 4.78 is 21.4. The van der Waals surface area contributed by atoms with Crippen LogP contribution in [0.15, 0.2) is 65.8 Å². The van der Waals surface area contributed by atoms with E-state index in [1.165, 1.54) is 13.3 Å². The molecule has 176 valence electrons. The van der Waals surface area contributed by atoms with Crippen molar-refractivity contribution in [3.8, 4) is 23.0 Å². The predicted molar refractivity (Wildman–Crippen MR) is 128 cm³/mol. The highest BCUT2D eigenvalue weighted by molar-refractivity contribution is 5.92. The van der Waals surface area contributed by atoms with E-state index >= 15 is 0 Å². The number of rotatable bonds is 9. The molecule has 0 fully saturated rings. The predicted octanol–water partition coefficient (Wildman–Crippen LogP) is 4.07. The second-order valence-corrected chi connectivity index (χ2v) is 7.38. The molecule has 0 aliphatic carbocycles. The summed E-state index contributed by atoms with van der Waals surface area (Å²) in [5.74, 6) is 0.962. The molecule has 8 nitrogen and oxygen atoms in total. The van der Waals surface area contributed by atoms with Crippen molar-refractivity contribution in [2.24, 2.45) is 5.10 Å². The lowest BCUT2D eigenvalue weighted by molar-refractivity contribution is -0.123. The van der Waals surface area contributed by atoms with E-state index in [9.17, 15) is 9.59 Å². The molecule has 3 rings (SSSR count). The zero-order chi connectivity index (χ0) is 24.5. The molecule has 0 heterocycles. The van der Waals surface area contributed by atoms with Crippen LogP contribution in [0, 0.1) is 13.8 Å². The minimum atomic E-state index is -0.529. The van der Waals surface area contributed by atoms with E-state index in [-0.39, 0.29) is 12.4 Å². The van der Waals surface area contributed by atoms with Gasteiger partial charge in [-0.25, -0.2) is 10.2 Å². The number of carbonyl (C=O) groups excluding carboxylic acids is 2. The number of hydrazone groups is 1. The maximum absolute atomic E-state index is 12.4. The van der Waals surface area contributed by atoms with Crippen LogP contribution in [0.5, 0.6) is 23.0 Å². The Kier molecular flexibility index (Phi) is 8.23. The summed E-state index contributed by atoms with van der Waals surface area (Å²) in [6.45, 7) is 3.75. The molecule has 0 atom stereocenters. The van der Waals surface area contributed by atoms with Crippen molar-refractivity contribution in [2.75, 3.05) is 20.8 Å². The Morgan fingerprint density at radius 3 is 2.29 bits per heavy atom. The molecule has 3 aromatic rings. The first-order valence-corrected chi connectivity index (χ1v) is 10.5. The van der Waals surface area contributed by atoms with E-state index in [4.69, 9.17) is 18.9 Å². The molecule has 3 aromatic carbocycles. The van der Waals surface area contributed by atoms with Gasteiger partial charge in [0, 0.05) is 0 Å². The van der Waals surface area contributed by atoms with Crippen molar-refractivity contribution in [3.63, 3.8) is 0 Å². The number of aryl methyl sites for hydroxylation is 2. The number of hydrogen-bond donors (Lipinski definition) is 1. The third kappa shape index (κ3) is 6.59. The number of benzene rings is 3.